The minimum absolute atomic E-state index is 0.0424. The van der Waals surface area contributed by atoms with Gasteiger partial charge in [0.05, 0.1) is 28.4 Å². The summed E-state index contributed by atoms with van der Waals surface area (Å²) in [4.78, 5) is -0.0849. The smallest absolute Gasteiger partial charge is 0.247 e. The molecule has 10 nitrogen and oxygen atoms in total. The molecule has 0 bridgehead atoms. The lowest BCUT2D eigenvalue weighted by atomic mass is 10.2. The van der Waals surface area contributed by atoms with Crippen LogP contribution in [0.1, 0.15) is 13.8 Å². The molecule has 1 aliphatic heterocycles. The molecule has 188 valence electrons. The van der Waals surface area contributed by atoms with Gasteiger partial charge in [-0.25, -0.2) is 16.8 Å². The van der Waals surface area contributed by atoms with Gasteiger partial charge in [-0.2, -0.15) is 8.61 Å². The molecule has 0 unspecified atom stereocenters. The number of hydrogen-bond acceptors (Lipinski definition) is 8. The molecule has 2 atom stereocenters. The number of rotatable bonds is 8. The molecule has 0 spiro atoms. The fraction of sp³-hybridized carbons (Fsp3) is 0.455. The van der Waals surface area contributed by atoms with E-state index in [4.69, 9.17) is 18.9 Å². The fourth-order valence-electron chi connectivity index (χ4n) is 3.96. The molecule has 2 aromatic rings. The Kier molecular flexibility index (Phi) is 7.65. The van der Waals surface area contributed by atoms with Gasteiger partial charge in [0.25, 0.3) is 0 Å². The van der Waals surface area contributed by atoms with Crippen LogP contribution in [0, 0.1) is 0 Å². The monoisotopic (exact) mass is 514 g/mol. The van der Waals surface area contributed by atoms with Crippen LogP contribution in [0.4, 0.5) is 0 Å². The first-order chi connectivity index (χ1) is 16.0. The average Bonchev–Trinajstić information content (AvgIpc) is 2.83. The highest BCUT2D eigenvalue weighted by Gasteiger charge is 2.43. The molecule has 2 aromatic carbocycles. The molecule has 12 heteroatoms. The molecule has 34 heavy (non-hydrogen) atoms. The van der Waals surface area contributed by atoms with Crippen molar-refractivity contribution in [3.05, 3.63) is 36.4 Å². The minimum atomic E-state index is -4.01. The second-order valence-electron chi connectivity index (χ2n) is 7.88. The minimum Gasteiger partial charge on any atom is -0.497 e. The summed E-state index contributed by atoms with van der Waals surface area (Å²) >= 11 is 0. The van der Waals surface area contributed by atoms with Crippen molar-refractivity contribution in [3.8, 4) is 23.0 Å². The molecule has 3 rings (SSSR count). The molecule has 1 aliphatic rings. The number of methoxy groups -OCH3 is 4. The lowest BCUT2D eigenvalue weighted by Gasteiger charge is -2.42. The summed E-state index contributed by atoms with van der Waals surface area (Å²) in [5.41, 5.74) is 0. The van der Waals surface area contributed by atoms with Crippen LogP contribution in [0.25, 0.3) is 0 Å². The van der Waals surface area contributed by atoms with Crippen LogP contribution in [-0.2, 0) is 20.0 Å². The molecule has 1 heterocycles. The third-order valence-corrected chi connectivity index (χ3v) is 9.79. The third-order valence-electron chi connectivity index (χ3n) is 5.79. The zero-order valence-corrected chi connectivity index (χ0v) is 21.6. The number of nitrogens with zero attached hydrogens (tertiary/aromatic N) is 2. The van der Waals surface area contributed by atoms with Crippen LogP contribution in [0.2, 0.25) is 0 Å². The third kappa shape index (κ3) is 4.67. The van der Waals surface area contributed by atoms with Crippen LogP contribution < -0.4 is 18.9 Å². The molecule has 0 saturated carbocycles. The Bertz CT molecular complexity index is 1150. The molecule has 1 saturated heterocycles. The van der Waals surface area contributed by atoms with Crippen LogP contribution in [0.15, 0.2) is 46.2 Å². The van der Waals surface area contributed by atoms with Crippen LogP contribution in [0.5, 0.6) is 23.0 Å². The summed E-state index contributed by atoms with van der Waals surface area (Å²) in [5.74, 6) is 1.09. The normalized spacial score (nSPS) is 20.1. The Morgan fingerprint density at radius 3 is 1.29 bits per heavy atom. The molecular formula is C22H30N2O8S2. The summed E-state index contributed by atoms with van der Waals surface area (Å²) in [7, 11) is -2.37. The summed E-state index contributed by atoms with van der Waals surface area (Å²) in [6.07, 6.45) is 0. The van der Waals surface area contributed by atoms with E-state index in [1.54, 1.807) is 26.0 Å². The Morgan fingerprint density at radius 2 is 1.00 bits per heavy atom. The predicted molar refractivity (Wildman–Crippen MR) is 126 cm³/mol. The SMILES string of the molecule is COc1ccc(OC)c(S(=O)(=O)N2C[C@H](C)N(S(=O)(=O)c3cc(OC)ccc3OC)C[C@@H]2C)c1. The second-order valence-corrected chi connectivity index (χ2v) is 11.6. The maximum Gasteiger partial charge on any atom is 0.247 e. The number of benzene rings is 2. The standard InChI is InChI=1S/C22H30N2O8S2/c1-15-13-24(34(27,28)22-12-18(30-4)8-10-20(22)32-6)16(2)14-23(15)33(25,26)21-11-17(29-3)7-9-19(21)31-5/h7-12,15-16H,13-14H2,1-6H3/t15-,16-/m0/s1. The van der Waals surface area contributed by atoms with Gasteiger partial charge in [0.15, 0.2) is 0 Å². The van der Waals surface area contributed by atoms with E-state index in [0.717, 1.165) is 0 Å². The van der Waals surface area contributed by atoms with Crippen molar-refractivity contribution in [1.29, 1.82) is 0 Å². The Balaban J connectivity index is 1.98. The maximum absolute atomic E-state index is 13.6. The number of ether oxygens (including phenoxy) is 4. The summed E-state index contributed by atoms with van der Waals surface area (Å²) in [6, 6.07) is 7.76. The van der Waals surface area contributed by atoms with Crippen molar-refractivity contribution in [3.63, 3.8) is 0 Å². The summed E-state index contributed by atoms with van der Waals surface area (Å²) in [6.45, 7) is 3.24. The van der Waals surface area contributed by atoms with Gasteiger partial charge in [-0.3, -0.25) is 0 Å². The summed E-state index contributed by atoms with van der Waals surface area (Å²) < 4.78 is 77.9. The summed E-state index contributed by atoms with van der Waals surface area (Å²) in [5, 5.41) is 0. The average molecular weight is 515 g/mol. The van der Waals surface area contributed by atoms with Crippen molar-refractivity contribution in [2.24, 2.45) is 0 Å². The van der Waals surface area contributed by atoms with E-state index in [9.17, 15) is 16.8 Å². The van der Waals surface area contributed by atoms with Crippen molar-refractivity contribution in [2.45, 2.75) is 35.7 Å². The van der Waals surface area contributed by atoms with Gasteiger partial charge in [0.2, 0.25) is 20.0 Å². The fourth-order valence-corrected chi connectivity index (χ4v) is 7.71. The Morgan fingerprint density at radius 1 is 0.647 bits per heavy atom. The van der Waals surface area contributed by atoms with Gasteiger partial charge in [-0.1, -0.05) is 0 Å². The van der Waals surface area contributed by atoms with E-state index >= 15 is 0 Å². The van der Waals surface area contributed by atoms with Gasteiger partial charge in [-0.15, -0.1) is 0 Å². The Labute approximate surface area is 201 Å². The number of sulfonamides is 2. The van der Waals surface area contributed by atoms with Crippen molar-refractivity contribution >= 4 is 20.0 Å². The largest absolute Gasteiger partial charge is 0.497 e. The highest BCUT2D eigenvalue weighted by molar-refractivity contribution is 7.89. The number of hydrogen-bond donors (Lipinski definition) is 0. The van der Waals surface area contributed by atoms with E-state index in [0.29, 0.717) is 11.5 Å². The molecular weight excluding hydrogens is 484 g/mol. The first kappa shape index (κ1) is 26.1. The Hall–Kier alpha value is -2.54. The van der Waals surface area contributed by atoms with E-state index in [1.807, 2.05) is 0 Å². The highest BCUT2D eigenvalue weighted by Crippen LogP contribution is 2.36. The quantitative estimate of drug-likeness (QED) is 0.527. The predicted octanol–water partition coefficient (Wildman–Crippen LogP) is 2.19. The van der Waals surface area contributed by atoms with Crippen molar-refractivity contribution < 1.29 is 35.8 Å². The van der Waals surface area contributed by atoms with Crippen LogP contribution in [-0.4, -0.2) is 79.1 Å². The van der Waals surface area contributed by atoms with Gasteiger partial charge in [0, 0.05) is 37.3 Å². The topological polar surface area (TPSA) is 112 Å². The van der Waals surface area contributed by atoms with E-state index in [1.165, 1.54) is 61.3 Å². The van der Waals surface area contributed by atoms with E-state index in [2.05, 4.69) is 0 Å². The molecule has 0 aromatic heterocycles. The zero-order chi connectivity index (χ0) is 25.3. The molecule has 1 fully saturated rings. The zero-order valence-electron chi connectivity index (χ0n) is 20.0. The molecule has 0 radical (unpaired) electrons. The van der Waals surface area contributed by atoms with Gasteiger partial charge in [0.1, 0.15) is 32.8 Å². The van der Waals surface area contributed by atoms with Gasteiger partial charge >= 0.3 is 0 Å². The first-order valence-electron chi connectivity index (χ1n) is 10.5. The lowest BCUT2D eigenvalue weighted by Crippen LogP contribution is -2.59. The van der Waals surface area contributed by atoms with Crippen molar-refractivity contribution in [2.75, 3.05) is 41.5 Å². The van der Waals surface area contributed by atoms with E-state index in [-0.39, 0.29) is 34.4 Å². The number of piperazine rings is 1. The van der Waals surface area contributed by atoms with Crippen LogP contribution in [0.3, 0.4) is 0 Å². The molecule has 0 aliphatic carbocycles. The first-order valence-corrected chi connectivity index (χ1v) is 13.4. The molecule has 0 amide bonds. The lowest BCUT2D eigenvalue weighted by molar-refractivity contribution is 0.163. The molecule has 0 N–H and O–H groups in total. The van der Waals surface area contributed by atoms with Gasteiger partial charge in [-0.05, 0) is 38.1 Å². The van der Waals surface area contributed by atoms with Crippen molar-refractivity contribution in [1.82, 2.24) is 8.61 Å². The maximum atomic E-state index is 13.6. The van der Waals surface area contributed by atoms with Gasteiger partial charge < -0.3 is 18.9 Å². The highest BCUT2D eigenvalue weighted by atomic mass is 32.2. The second kappa shape index (κ2) is 9.98. The van der Waals surface area contributed by atoms with E-state index < -0.39 is 32.1 Å². The van der Waals surface area contributed by atoms with Crippen LogP contribution >= 0.6 is 0 Å².